The number of nitrogens with zero attached hydrogens (tertiary/aromatic N) is 1. The fourth-order valence-corrected chi connectivity index (χ4v) is 3.05. The summed E-state index contributed by atoms with van der Waals surface area (Å²) in [7, 11) is 0. The first-order valence-corrected chi connectivity index (χ1v) is 7.30. The maximum absolute atomic E-state index is 10.8. The number of anilines is 1. The highest BCUT2D eigenvalue weighted by molar-refractivity contribution is 14.1. The van der Waals surface area contributed by atoms with Gasteiger partial charge in [0.15, 0.2) is 0 Å². The highest BCUT2D eigenvalue weighted by atomic mass is 127. The molecule has 1 aromatic rings. The number of nitro groups is 1. The lowest BCUT2D eigenvalue weighted by atomic mass is 9.94. The summed E-state index contributed by atoms with van der Waals surface area (Å²) in [6.07, 6.45) is 1.89. The van der Waals surface area contributed by atoms with Crippen LogP contribution in [0.25, 0.3) is 0 Å². The van der Waals surface area contributed by atoms with Gasteiger partial charge in [-0.2, -0.15) is 0 Å². The highest BCUT2D eigenvalue weighted by Crippen LogP contribution is 2.28. The van der Waals surface area contributed by atoms with E-state index in [2.05, 4.69) is 19.2 Å². The number of halogens is 1. The third kappa shape index (κ3) is 3.79. The van der Waals surface area contributed by atoms with Crippen LogP contribution in [-0.4, -0.2) is 23.2 Å². The Morgan fingerprint density at radius 1 is 1.53 bits per heavy atom. The van der Waals surface area contributed by atoms with Gasteiger partial charge < -0.3 is 10.1 Å². The minimum Gasteiger partial charge on any atom is -0.382 e. The molecule has 1 aliphatic rings. The molecule has 0 saturated carbocycles. The number of rotatable bonds is 3. The summed E-state index contributed by atoms with van der Waals surface area (Å²) in [5, 5.41) is 14.2. The van der Waals surface area contributed by atoms with Gasteiger partial charge in [-0.25, -0.2) is 0 Å². The van der Waals surface area contributed by atoms with Crippen molar-refractivity contribution >= 4 is 34.0 Å². The Bertz CT molecular complexity index is 491. The van der Waals surface area contributed by atoms with Crippen molar-refractivity contribution in [1.29, 1.82) is 0 Å². The van der Waals surface area contributed by atoms with Crippen molar-refractivity contribution in [2.45, 2.75) is 38.3 Å². The van der Waals surface area contributed by atoms with Crippen molar-refractivity contribution in [2.24, 2.45) is 0 Å². The monoisotopic (exact) mass is 376 g/mol. The molecule has 5 nitrogen and oxygen atoms in total. The van der Waals surface area contributed by atoms with Crippen molar-refractivity contribution < 1.29 is 9.66 Å². The lowest BCUT2D eigenvalue weighted by Gasteiger charge is -2.36. The van der Waals surface area contributed by atoms with Gasteiger partial charge in [0.2, 0.25) is 0 Å². The third-order valence-corrected chi connectivity index (χ3v) is 4.08. The van der Waals surface area contributed by atoms with Gasteiger partial charge in [-0.1, -0.05) is 0 Å². The zero-order valence-corrected chi connectivity index (χ0v) is 13.1. The minimum atomic E-state index is -0.358. The molecule has 6 heteroatoms. The lowest BCUT2D eigenvalue weighted by molar-refractivity contribution is -0.385. The van der Waals surface area contributed by atoms with Crippen LogP contribution in [-0.2, 0) is 4.74 Å². The molecule has 0 amide bonds. The largest absolute Gasteiger partial charge is 0.382 e. The Morgan fingerprint density at radius 3 is 2.84 bits per heavy atom. The molecule has 104 valence electrons. The summed E-state index contributed by atoms with van der Waals surface area (Å²) in [6.45, 7) is 4.91. The van der Waals surface area contributed by atoms with Crippen LogP contribution in [0.15, 0.2) is 18.2 Å². The Labute approximate surface area is 126 Å². The molecule has 0 radical (unpaired) electrons. The SMILES string of the molecule is CC1(C)CC(Nc2ccc([N+](=O)[O-])c(I)c2)CCO1. The van der Waals surface area contributed by atoms with Gasteiger partial charge in [0, 0.05) is 24.4 Å². The molecule has 0 bridgehead atoms. The molecule has 1 saturated heterocycles. The Kier molecular flexibility index (Phi) is 4.29. The first-order chi connectivity index (χ1) is 8.87. The molecule has 1 heterocycles. The van der Waals surface area contributed by atoms with Gasteiger partial charge >= 0.3 is 0 Å². The number of nitrogens with one attached hydrogen (secondary N) is 1. The summed E-state index contributed by atoms with van der Waals surface area (Å²) in [5.74, 6) is 0. The molecule has 1 aliphatic heterocycles. The van der Waals surface area contributed by atoms with Gasteiger partial charge in [-0.15, -0.1) is 0 Å². The molecule has 1 N–H and O–H groups in total. The molecule has 1 atom stereocenters. The van der Waals surface area contributed by atoms with Crippen molar-refractivity contribution in [1.82, 2.24) is 0 Å². The fourth-order valence-electron chi connectivity index (χ4n) is 2.34. The van der Waals surface area contributed by atoms with E-state index < -0.39 is 0 Å². The lowest BCUT2D eigenvalue weighted by Crippen LogP contribution is -2.40. The summed E-state index contributed by atoms with van der Waals surface area (Å²) < 4.78 is 6.33. The summed E-state index contributed by atoms with van der Waals surface area (Å²) >= 11 is 2.00. The quantitative estimate of drug-likeness (QED) is 0.498. The van der Waals surface area contributed by atoms with Crippen LogP contribution in [0.2, 0.25) is 0 Å². The van der Waals surface area contributed by atoms with Crippen molar-refractivity contribution in [3.8, 4) is 0 Å². The van der Waals surface area contributed by atoms with Crippen LogP contribution in [0.1, 0.15) is 26.7 Å². The summed E-state index contributed by atoms with van der Waals surface area (Å²) in [5.41, 5.74) is 0.972. The zero-order valence-electron chi connectivity index (χ0n) is 11.0. The van der Waals surface area contributed by atoms with E-state index in [0.717, 1.165) is 25.1 Å². The van der Waals surface area contributed by atoms with Gasteiger partial charge in [0.1, 0.15) is 0 Å². The molecular weight excluding hydrogens is 359 g/mol. The molecule has 1 fully saturated rings. The van der Waals surface area contributed by atoms with Crippen molar-refractivity contribution in [3.63, 3.8) is 0 Å². The Morgan fingerprint density at radius 2 is 2.26 bits per heavy atom. The predicted octanol–water partition coefficient (Wildman–Crippen LogP) is 3.57. The number of nitro benzene ring substituents is 1. The van der Waals surface area contributed by atoms with Crippen LogP contribution in [0.4, 0.5) is 11.4 Å². The van der Waals surface area contributed by atoms with E-state index in [1.165, 1.54) is 0 Å². The standard InChI is InChI=1S/C13H17IN2O3/c1-13(2)8-10(5-6-19-13)15-9-3-4-12(16(17)18)11(14)7-9/h3-4,7,10,15H,5-6,8H2,1-2H3. The molecular formula is C13H17IN2O3. The van der Waals surface area contributed by atoms with E-state index in [1.54, 1.807) is 12.1 Å². The van der Waals surface area contributed by atoms with E-state index in [1.807, 2.05) is 28.7 Å². The van der Waals surface area contributed by atoms with Crippen LogP contribution >= 0.6 is 22.6 Å². The van der Waals surface area contributed by atoms with Gasteiger partial charge in [0.05, 0.1) is 14.1 Å². The second-order valence-corrected chi connectivity index (χ2v) is 6.53. The second-order valence-electron chi connectivity index (χ2n) is 5.37. The number of benzene rings is 1. The maximum Gasteiger partial charge on any atom is 0.282 e. The van der Waals surface area contributed by atoms with Crippen molar-refractivity contribution in [2.75, 3.05) is 11.9 Å². The third-order valence-electron chi connectivity index (χ3n) is 3.21. The van der Waals surface area contributed by atoms with E-state index in [-0.39, 0.29) is 16.2 Å². The highest BCUT2D eigenvalue weighted by Gasteiger charge is 2.28. The number of hydrogen-bond donors (Lipinski definition) is 1. The maximum atomic E-state index is 10.8. The van der Waals surface area contributed by atoms with E-state index >= 15 is 0 Å². The van der Waals surface area contributed by atoms with E-state index in [0.29, 0.717) is 9.61 Å². The summed E-state index contributed by atoms with van der Waals surface area (Å²) in [6, 6.07) is 5.49. The molecule has 1 aromatic carbocycles. The minimum absolute atomic E-state index is 0.107. The zero-order chi connectivity index (χ0) is 14.0. The van der Waals surface area contributed by atoms with Gasteiger partial charge in [-0.3, -0.25) is 10.1 Å². The predicted molar refractivity (Wildman–Crippen MR) is 82.5 cm³/mol. The Balaban J connectivity index is 2.07. The molecule has 0 spiro atoms. The molecule has 0 aliphatic carbocycles. The average molecular weight is 376 g/mol. The number of hydrogen-bond acceptors (Lipinski definition) is 4. The molecule has 0 aromatic heterocycles. The first kappa shape index (κ1) is 14.5. The molecule has 2 rings (SSSR count). The second kappa shape index (κ2) is 5.62. The molecule has 1 unspecified atom stereocenters. The van der Waals surface area contributed by atoms with Crippen molar-refractivity contribution in [3.05, 3.63) is 31.9 Å². The van der Waals surface area contributed by atoms with E-state index in [9.17, 15) is 10.1 Å². The normalized spacial score (nSPS) is 21.9. The average Bonchev–Trinajstić information content (AvgIpc) is 2.27. The van der Waals surface area contributed by atoms with Gasteiger partial charge in [0.25, 0.3) is 5.69 Å². The summed E-state index contributed by atoms with van der Waals surface area (Å²) in [4.78, 5) is 10.4. The van der Waals surface area contributed by atoms with Crippen LogP contribution in [0.5, 0.6) is 0 Å². The fraction of sp³-hybridized carbons (Fsp3) is 0.538. The van der Waals surface area contributed by atoms with Crippen LogP contribution in [0, 0.1) is 13.7 Å². The molecule has 19 heavy (non-hydrogen) atoms. The topological polar surface area (TPSA) is 64.4 Å². The van der Waals surface area contributed by atoms with Crippen LogP contribution < -0.4 is 5.32 Å². The Hall–Kier alpha value is -0.890. The van der Waals surface area contributed by atoms with Crippen LogP contribution in [0.3, 0.4) is 0 Å². The van der Waals surface area contributed by atoms with E-state index in [4.69, 9.17) is 4.74 Å². The first-order valence-electron chi connectivity index (χ1n) is 6.22. The number of ether oxygens (including phenoxy) is 1. The smallest absolute Gasteiger partial charge is 0.282 e. The van der Waals surface area contributed by atoms with Gasteiger partial charge in [-0.05, 0) is 61.4 Å².